The molecule has 0 amide bonds. The Bertz CT molecular complexity index is 316. The number of carbonyl (C=O) groups excluding carboxylic acids is 1. The molecule has 2 fully saturated rings. The molecule has 6 nitrogen and oxygen atoms in total. The van der Waals surface area contributed by atoms with Crippen molar-refractivity contribution in [3.05, 3.63) is 0 Å². The molecule has 104 valence electrons. The maximum absolute atomic E-state index is 11.7. The molecule has 0 aromatic rings. The molecule has 2 rings (SSSR count). The predicted octanol–water partition coefficient (Wildman–Crippen LogP) is 0.831. The number of hydrogen-bond donors (Lipinski definition) is 0. The molecular weight excluding hydrogens is 240 g/mol. The lowest BCUT2D eigenvalue weighted by atomic mass is 10.0. The van der Waals surface area contributed by atoms with Crippen LogP contribution in [0.5, 0.6) is 0 Å². The molecule has 2 heterocycles. The van der Waals surface area contributed by atoms with E-state index in [0.29, 0.717) is 13.0 Å². The molecular formula is C12H20O6. The molecule has 0 bridgehead atoms. The van der Waals surface area contributed by atoms with E-state index in [0.717, 1.165) is 0 Å². The average Bonchev–Trinajstić information content (AvgIpc) is 2.61. The van der Waals surface area contributed by atoms with Gasteiger partial charge in [-0.05, 0) is 20.8 Å². The van der Waals surface area contributed by atoms with E-state index in [1.165, 1.54) is 7.11 Å². The van der Waals surface area contributed by atoms with Gasteiger partial charge in [-0.1, -0.05) is 0 Å². The van der Waals surface area contributed by atoms with E-state index in [1.54, 1.807) is 6.92 Å². The molecule has 0 aromatic heterocycles. The van der Waals surface area contributed by atoms with Crippen molar-refractivity contribution in [2.75, 3.05) is 13.7 Å². The molecule has 18 heavy (non-hydrogen) atoms. The summed E-state index contributed by atoms with van der Waals surface area (Å²) in [4.78, 5) is 11.7. The molecule has 0 saturated carbocycles. The van der Waals surface area contributed by atoms with Crippen molar-refractivity contribution in [1.82, 2.24) is 0 Å². The molecule has 0 spiro atoms. The Kier molecular flexibility index (Phi) is 3.91. The topological polar surface area (TPSA) is 63.2 Å². The Morgan fingerprint density at radius 1 is 1.39 bits per heavy atom. The summed E-state index contributed by atoms with van der Waals surface area (Å²) in [6, 6.07) is 0. The molecule has 4 atom stereocenters. The molecule has 6 heteroatoms. The van der Waals surface area contributed by atoms with Gasteiger partial charge in [0.25, 0.3) is 0 Å². The highest BCUT2D eigenvalue weighted by molar-refractivity contribution is 5.74. The first-order chi connectivity index (χ1) is 8.46. The highest BCUT2D eigenvalue weighted by Gasteiger charge is 2.52. The van der Waals surface area contributed by atoms with Crippen molar-refractivity contribution in [3.63, 3.8) is 0 Å². The summed E-state index contributed by atoms with van der Waals surface area (Å²) >= 11 is 0. The second-order valence-corrected chi connectivity index (χ2v) is 4.86. The van der Waals surface area contributed by atoms with Crippen LogP contribution in [-0.4, -0.2) is 50.1 Å². The Labute approximate surface area is 106 Å². The van der Waals surface area contributed by atoms with Crippen molar-refractivity contribution in [1.29, 1.82) is 0 Å². The normalized spacial score (nSPS) is 38.2. The summed E-state index contributed by atoms with van der Waals surface area (Å²) in [7, 11) is 1.52. The first-order valence-corrected chi connectivity index (χ1v) is 6.17. The van der Waals surface area contributed by atoms with Crippen LogP contribution >= 0.6 is 0 Å². The first kappa shape index (κ1) is 13.7. The van der Waals surface area contributed by atoms with Gasteiger partial charge >= 0.3 is 5.97 Å². The Balaban J connectivity index is 2.07. The zero-order valence-electron chi connectivity index (χ0n) is 11.2. The van der Waals surface area contributed by atoms with Crippen LogP contribution in [-0.2, 0) is 28.5 Å². The van der Waals surface area contributed by atoms with Crippen molar-refractivity contribution >= 4 is 5.97 Å². The van der Waals surface area contributed by atoms with Gasteiger partial charge in [0.2, 0.25) is 0 Å². The SMILES string of the molecule is CCOC(=O)[C@@H]1CC2OC(C)(C)OC2C(OC)O1. The van der Waals surface area contributed by atoms with Gasteiger partial charge in [0.05, 0.1) is 12.7 Å². The number of methoxy groups -OCH3 is 1. The van der Waals surface area contributed by atoms with Crippen LogP contribution in [0.4, 0.5) is 0 Å². The maximum Gasteiger partial charge on any atom is 0.335 e. The maximum atomic E-state index is 11.7. The van der Waals surface area contributed by atoms with Gasteiger partial charge in [-0.15, -0.1) is 0 Å². The van der Waals surface area contributed by atoms with Crippen LogP contribution in [0, 0.1) is 0 Å². The lowest BCUT2D eigenvalue weighted by Gasteiger charge is -2.34. The average molecular weight is 260 g/mol. The van der Waals surface area contributed by atoms with Crippen LogP contribution in [0.25, 0.3) is 0 Å². The van der Waals surface area contributed by atoms with Gasteiger partial charge in [0, 0.05) is 13.5 Å². The van der Waals surface area contributed by atoms with Crippen molar-refractivity contribution in [3.8, 4) is 0 Å². The minimum Gasteiger partial charge on any atom is -0.464 e. The Hall–Kier alpha value is -0.690. The molecule has 0 aromatic carbocycles. The highest BCUT2D eigenvalue weighted by Crippen LogP contribution is 2.37. The lowest BCUT2D eigenvalue weighted by molar-refractivity contribution is -0.244. The van der Waals surface area contributed by atoms with E-state index in [-0.39, 0.29) is 18.2 Å². The van der Waals surface area contributed by atoms with Gasteiger partial charge in [-0.3, -0.25) is 0 Å². The zero-order chi connectivity index (χ0) is 13.3. The predicted molar refractivity (Wildman–Crippen MR) is 60.7 cm³/mol. The van der Waals surface area contributed by atoms with E-state index in [4.69, 9.17) is 23.7 Å². The minimum atomic E-state index is -0.682. The standard InChI is InChI=1S/C12H20O6/c1-5-15-10(13)8-6-7-9(11(14-4)16-8)18-12(2,3)17-7/h7-9,11H,5-6H2,1-4H3/t7?,8-,9?,11?/m0/s1. The van der Waals surface area contributed by atoms with E-state index >= 15 is 0 Å². The highest BCUT2D eigenvalue weighted by atomic mass is 16.8. The smallest absolute Gasteiger partial charge is 0.335 e. The van der Waals surface area contributed by atoms with E-state index in [9.17, 15) is 4.79 Å². The van der Waals surface area contributed by atoms with E-state index in [2.05, 4.69) is 0 Å². The van der Waals surface area contributed by atoms with Crippen LogP contribution in [0.2, 0.25) is 0 Å². The number of carbonyl (C=O) groups is 1. The summed E-state index contributed by atoms with van der Waals surface area (Å²) < 4.78 is 27.2. The van der Waals surface area contributed by atoms with Crippen LogP contribution in [0.1, 0.15) is 27.2 Å². The summed E-state index contributed by atoms with van der Waals surface area (Å²) in [5.74, 6) is -1.06. The lowest BCUT2D eigenvalue weighted by Crippen LogP contribution is -2.50. The second kappa shape index (κ2) is 5.13. The number of hydrogen-bond acceptors (Lipinski definition) is 6. The van der Waals surface area contributed by atoms with E-state index in [1.807, 2.05) is 13.8 Å². The van der Waals surface area contributed by atoms with E-state index < -0.39 is 18.2 Å². The fourth-order valence-corrected chi connectivity index (χ4v) is 2.36. The number of fused-ring (bicyclic) bond motifs is 1. The largest absolute Gasteiger partial charge is 0.464 e. The minimum absolute atomic E-state index is 0.215. The third-order valence-corrected chi connectivity index (χ3v) is 3.02. The quantitative estimate of drug-likeness (QED) is 0.700. The van der Waals surface area contributed by atoms with Gasteiger partial charge < -0.3 is 23.7 Å². The molecule has 0 N–H and O–H groups in total. The molecule has 3 unspecified atom stereocenters. The van der Waals surface area contributed by atoms with Gasteiger partial charge in [0.15, 0.2) is 18.2 Å². The third-order valence-electron chi connectivity index (χ3n) is 3.02. The summed E-state index contributed by atoms with van der Waals surface area (Å²) in [5.41, 5.74) is 0. The zero-order valence-corrected chi connectivity index (χ0v) is 11.2. The molecule has 2 aliphatic heterocycles. The van der Waals surface area contributed by atoms with Crippen molar-refractivity contribution in [2.24, 2.45) is 0 Å². The molecule has 2 aliphatic rings. The summed E-state index contributed by atoms with van der Waals surface area (Å²) in [5, 5.41) is 0. The monoisotopic (exact) mass is 260 g/mol. The van der Waals surface area contributed by atoms with Crippen molar-refractivity contribution < 1.29 is 28.5 Å². The number of esters is 1. The van der Waals surface area contributed by atoms with Gasteiger partial charge in [-0.2, -0.15) is 0 Å². The molecule has 0 radical (unpaired) electrons. The number of rotatable bonds is 3. The first-order valence-electron chi connectivity index (χ1n) is 6.17. The fourth-order valence-electron chi connectivity index (χ4n) is 2.36. The number of ether oxygens (including phenoxy) is 5. The molecule has 2 saturated heterocycles. The van der Waals surface area contributed by atoms with Crippen LogP contribution < -0.4 is 0 Å². The second-order valence-electron chi connectivity index (χ2n) is 4.86. The van der Waals surface area contributed by atoms with Crippen molar-refractivity contribution in [2.45, 2.75) is 57.6 Å². The summed E-state index contributed by atoms with van der Waals surface area (Å²) in [6.45, 7) is 5.75. The van der Waals surface area contributed by atoms with Gasteiger partial charge in [-0.25, -0.2) is 4.79 Å². The Morgan fingerprint density at radius 3 is 2.72 bits per heavy atom. The van der Waals surface area contributed by atoms with Gasteiger partial charge in [0.1, 0.15) is 6.10 Å². The molecule has 0 aliphatic carbocycles. The fraction of sp³-hybridized carbons (Fsp3) is 0.917. The van der Waals surface area contributed by atoms with Crippen LogP contribution in [0.15, 0.2) is 0 Å². The summed E-state index contributed by atoms with van der Waals surface area (Å²) in [6.07, 6.45) is -1.37. The Morgan fingerprint density at radius 2 is 2.11 bits per heavy atom. The third kappa shape index (κ3) is 2.66. The van der Waals surface area contributed by atoms with Crippen LogP contribution in [0.3, 0.4) is 0 Å².